The average molecular weight is 947 g/mol. The summed E-state index contributed by atoms with van der Waals surface area (Å²) < 4.78 is 24.7. The number of carbonyl (C=O) groups is 1. The summed E-state index contributed by atoms with van der Waals surface area (Å²) >= 11 is 0. The molecular formula is C51H68N10O4P2. The van der Waals surface area contributed by atoms with Crippen LogP contribution in [0.2, 0.25) is 0 Å². The first-order chi connectivity index (χ1) is 32.6. The standard InChI is InChI=1S/2C25H32N5O2P.CH4/c1-32-16-9-3-2-8-14-26-19-29-18-20-10-4-5-11-21(20)25-24(22-12-6-7-13-23(22)29)27-28-30(25)15-17-33-31;1-32-15-9-3-2-8-14-26-18-29-16-19-10-4-5-11-20(19)24-25(21-12-6-7-13-22(21)29)30(28-27-24)23(31)17-33;/h4-7,10-13,26H,2-3,8-9,14-19H2,1H3;4-7,10-13,26H,2-3,8-9,14-18,33H2,1H3;1H4. The Labute approximate surface area is 400 Å². The Morgan fingerprint density at radius 1 is 0.627 bits per heavy atom. The van der Waals surface area contributed by atoms with Gasteiger partial charge in [-0.3, -0.25) is 20.0 Å². The lowest BCUT2D eigenvalue weighted by Crippen LogP contribution is -2.35. The monoisotopic (exact) mass is 946 g/mol. The Balaban J connectivity index is 0.000000218. The number of unbranched alkanes of at least 4 members (excludes halogenated alkanes) is 6. The fraction of sp³-hybridized carbons (Fsp3) is 0.431. The molecule has 0 amide bonds. The van der Waals surface area contributed by atoms with Crippen LogP contribution in [0, 0.1) is 0 Å². The summed E-state index contributed by atoms with van der Waals surface area (Å²) in [6, 6.07) is 33.4. The summed E-state index contributed by atoms with van der Waals surface area (Å²) in [7, 11) is 6.12. The second kappa shape index (κ2) is 27.0. The fourth-order valence-electron chi connectivity index (χ4n) is 8.69. The molecule has 0 bridgehead atoms. The van der Waals surface area contributed by atoms with Gasteiger partial charge in [0.25, 0.3) is 5.91 Å². The first-order valence-corrected chi connectivity index (χ1v) is 25.0. The molecular weight excluding hydrogens is 879 g/mol. The molecule has 2 aromatic heterocycles. The Morgan fingerprint density at radius 3 is 1.72 bits per heavy atom. The van der Waals surface area contributed by atoms with Crippen molar-refractivity contribution in [1.82, 2.24) is 40.6 Å². The van der Waals surface area contributed by atoms with Crippen molar-refractivity contribution in [3.63, 3.8) is 0 Å². The predicted molar refractivity (Wildman–Crippen MR) is 275 cm³/mol. The van der Waals surface area contributed by atoms with Crippen LogP contribution in [0.15, 0.2) is 97.1 Å². The molecule has 4 heterocycles. The van der Waals surface area contributed by atoms with E-state index in [0.717, 1.165) is 135 Å². The Morgan fingerprint density at radius 2 is 1.12 bits per heavy atom. The van der Waals surface area contributed by atoms with Crippen LogP contribution in [0.25, 0.3) is 45.0 Å². The number of nitrogens with zero attached hydrogens (tertiary/aromatic N) is 8. The van der Waals surface area contributed by atoms with Gasteiger partial charge in [-0.15, -0.1) is 19.4 Å². The number of nitrogens with one attached hydrogen (secondary N) is 2. The molecule has 0 saturated carbocycles. The molecule has 4 aromatic carbocycles. The molecule has 2 aliphatic heterocycles. The van der Waals surface area contributed by atoms with E-state index < -0.39 is 0 Å². The van der Waals surface area contributed by atoms with Crippen molar-refractivity contribution in [2.24, 2.45) is 0 Å². The molecule has 0 fully saturated rings. The summed E-state index contributed by atoms with van der Waals surface area (Å²) in [6.45, 7) is 7.23. The van der Waals surface area contributed by atoms with E-state index in [0.29, 0.717) is 12.7 Å². The van der Waals surface area contributed by atoms with Crippen molar-refractivity contribution in [2.45, 2.75) is 78.4 Å². The van der Waals surface area contributed by atoms with Gasteiger partial charge in [-0.05, 0) is 62.0 Å². The fourth-order valence-corrected chi connectivity index (χ4v) is 9.13. The molecule has 2 N–H and O–H groups in total. The average Bonchev–Trinajstić information content (AvgIpc) is 3.98. The summed E-state index contributed by atoms with van der Waals surface area (Å²) in [4.78, 5) is 17.4. The first-order valence-electron chi connectivity index (χ1n) is 23.2. The zero-order valence-corrected chi connectivity index (χ0v) is 40.5. The van der Waals surface area contributed by atoms with Crippen LogP contribution in [-0.2, 0) is 33.7 Å². The van der Waals surface area contributed by atoms with Crippen LogP contribution in [0.5, 0.6) is 0 Å². The van der Waals surface area contributed by atoms with Crippen LogP contribution >= 0.6 is 17.7 Å². The van der Waals surface area contributed by atoms with Gasteiger partial charge in [0.2, 0.25) is 0 Å². The molecule has 14 nitrogen and oxygen atoms in total. The smallest absolute Gasteiger partial charge is 0.252 e. The maximum absolute atomic E-state index is 12.7. The summed E-state index contributed by atoms with van der Waals surface area (Å²) in [6.07, 6.45) is 10.2. The van der Waals surface area contributed by atoms with Crippen molar-refractivity contribution in [3.8, 4) is 45.0 Å². The van der Waals surface area contributed by atoms with E-state index in [1.54, 1.807) is 14.2 Å². The van der Waals surface area contributed by atoms with Gasteiger partial charge in [0.15, 0.2) is 8.46 Å². The third-order valence-electron chi connectivity index (χ3n) is 12.0. The van der Waals surface area contributed by atoms with Gasteiger partial charge in [0.05, 0.1) is 25.6 Å². The molecule has 8 rings (SSSR count). The lowest BCUT2D eigenvalue weighted by atomic mass is 9.96. The second-order valence-electron chi connectivity index (χ2n) is 16.5. The Hall–Kier alpha value is -5.20. The van der Waals surface area contributed by atoms with Gasteiger partial charge < -0.3 is 19.3 Å². The highest BCUT2D eigenvalue weighted by Gasteiger charge is 2.29. The maximum Gasteiger partial charge on any atom is 0.252 e. The van der Waals surface area contributed by atoms with Gasteiger partial charge in [0.1, 0.15) is 17.1 Å². The van der Waals surface area contributed by atoms with Crippen LogP contribution in [0.1, 0.15) is 74.7 Å². The number of rotatable bonds is 22. The number of methoxy groups -OCH3 is 2. The van der Waals surface area contributed by atoms with Gasteiger partial charge in [-0.1, -0.05) is 128 Å². The number of para-hydroxylation sites is 2. The second-order valence-corrected chi connectivity index (χ2v) is 17.6. The minimum atomic E-state index is -0.0974. The van der Waals surface area contributed by atoms with Crippen molar-refractivity contribution >= 4 is 35.0 Å². The van der Waals surface area contributed by atoms with E-state index in [-0.39, 0.29) is 28.0 Å². The van der Waals surface area contributed by atoms with Crippen LogP contribution in [-0.4, -0.2) is 102 Å². The Bertz CT molecular complexity index is 2480. The molecule has 0 spiro atoms. The van der Waals surface area contributed by atoms with E-state index in [2.05, 4.69) is 129 Å². The zero-order chi connectivity index (χ0) is 45.9. The van der Waals surface area contributed by atoms with Crippen LogP contribution in [0.4, 0.5) is 11.4 Å². The molecule has 0 aliphatic carbocycles. The summed E-state index contributed by atoms with van der Waals surface area (Å²) in [5.41, 5.74) is 12.2. The summed E-state index contributed by atoms with van der Waals surface area (Å²) in [5.74, 6) is -0.0974. The third-order valence-corrected chi connectivity index (χ3v) is 12.7. The number of fused-ring (bicyclic) bond motifs is 10. The molecule has 1 atom stereocenters. The number of benzene rings is 4. The van der Waals surface area contributed by atoms with E-state index in [4.69, 9.17) is 9.47 Å². The molecule has 2 aliphatic rings. The van der Waals surface area contributed by atoms with E-state index in [1.807, 2.05) is 22.9 Å². The zero-order valence-electron chi connectivity index (χ0n) is 38.4. The minimum absolute atomic E-state index is 0. The Kier molecular flexibility index (Phi) is 20.6. The molecule has 16 heteroatoms. The van der Waals surface area contributed by atoms with Crippen LogP contribution in [0.3, 0.4) is 0 Å². The van der Waals surface area contributed by atoms with Crippen molar-refractivity contribution in [3.05, 3.63) is 108 Å². The molecule has 6 aromatic rings. The first kappa shape index (κ1) is 51.2. The number of carbonyl (C=O) groups excluding carboxylic acids is 1. The van der Waals surface area contributed by atoms with Gasteiger partial charge in [0, 0.05) is 86.5 Å². The SMILES string of the molecule is C.COCCCCCCNCN1Cc2ccccc2-c2c(nnn2CCP=O)-c2ccccc21.COCCCCCCNCN1Cc2ccccc2-c2nnn(C(=O)CP)c2-c2ccccc21. The minimum Gasteiger partial charge on any atom is -0.385 e. The number of anilines is 2. The van der Waals surface area contributed by atoms with Crippen molar-refractivity contribution in [2.75, 3.05) is 76.0 Å². The topological polar surface area (TPSA) is 145 Å². The maximum atomic E-state index is 12.7. The highest BCUT2D eigenvalue weighted by molar-refractivity contribution is 7.23. The van der Waals surface area contributed by atoms with E-state index >= 15 is 0 Å². The van der Waals surface area contributed by atoms with Gasteiger partial charge in [-0.25, -0.2) is 4.68 Å². The van der Waals surface area contributed by atoms with Crippen molar-refractivity contribution < 1.29 is 18.8 Å². The molecule has 0 saturated heterocycles. The number of hydrogen-bond donors (Lipinski definition) is 2. The largest absolute Gasteiger partial charge is 0.385 e. The molecule has 356 valence electrons. The molecule has 1 unspecified atom stereocenters. The highest BCUT2D eigenvalue weighted by Crippen LogP contribution is 2.42. The van der Waals surface area contributed by atoms with E-state index in [9.17, 15) is 9.36 Å². The third kappa shape index (κ3) is 13.1. The van der Waals surface area contributed by atoms with Crippen LogP contribution < -0.4 is 20.4 Å². The molecule has 67 heavy (non-hydrogen) atoms. The number of aromatic nitrogens is 6. The predicted octanol–water partition coefficient (Wildman–Crippen LogP) is 9.82. The van der Waals surface area contributed by atoms with Gasteiger partial charge >= 0.3 is 0 Å². The number of aryl methyl sites for hydroxylation is 1. The van der Waals surface area contributed by atoms with Crippen molar-refractivity contribution in [1.29, 1.82) is 0 Å². The normalized spacial score (nSPS) is 12.4. The van der Waals surface area contributed by atoms with Gasteiger partial charge in [-0.2, -0.15) is 4.68 Å². The molecule has 0 radical (unpaired) electrons. The van der Waals surface area contributed by atoms with E-state index in [1.165, 1.54) is 41.5 Å². The lowest BCUT2D eigenvalue weighted by Gasteiger charge is -2.30. The lowest BCUT2D eigenvalue weighted by molar-refractivity contribution is 0.0926. The summed E-state index contributed by atoms with van der Waals surface area (Å²) in [5, 5.41) is 25.0. The highest BCUT2D eigenvalue weighted by atomic mass is 31.1. The quantitative estimate of drug-likeness (QED) is 0.0494. The number of ether oxygens (including phenoxy) is 2. The number of hydrogen-bond acceptors (Lipinski definition) is 12.